The lowest BCUT2D eigenvalue weighted by Crippen LogP contribution is -2.47. The molecular formula is C24H22AlBBr3F2NO. The van der Waals surface area contributed by atoms with Crippen LogP contribution in [0.2, 0.25) is 0 Å². The average molecular weight is 656 g/mol. The fourth-order valence-electron chi connectivity index (χ4n) is 4.95. The third-order valence-electron chi connectivity index (χ3n) is 6.23. The first-order valence-electron chi connectivity index (χ1n) is 10.6. The van der Waals surface area contributed by atoms with Crippen molar-refractivity contribution in [1.82, 2.24) is 4.81 Å². The first-order chi connectivity index (χ1) is 15.7. The summed E-state index contributed by atoms with van der Waals surface area (Å²) in [6, 6.07) is 27.1. The molecule has 2 fully saturated rings. The largest absolute Gasteiger partial charge is 0.542 e. The van der Waals surface area contributed by atoms with Crippen LogP contribution in [0.3, 0.4) is 0 Å². The zero-order valence-corrected chi connectivity index (χ0v) is 23.9. The second-order valence-corrected chi connectivity index (χ2v) is 28.1. The van der Waals surface area contributed by atoms with Crippen molar-refractivity contribution in [3.8, 4) is 0 Å². The Labute approximate surface area is 219 Å². The number of fused-ring (bicyclic) bond motifs is 1. The van der Waals surface area contributed by atoms with Gasteiger partial charge in [0.2, 0.25) is 0 Å². The Balaban J connectivity index is 0.000000601. The van der Waals surface area contributed by atoms with Gasteiger partial charge in [0, 0.05) is 12.5 Å². The molecule has 0 radical (unpaired) electrons. The highest BCUT2D eigenvalue weighted by Gasteiger charge is 2.64. The number of hydrogen-bond acceptors (Lipinski definition) is 2. The summed E-state index contributed by atoms with van der Waals surface area (Å²) in [4.78, 5) is 1.86. The fraction of sp³-hybridized carbons (Fsp3) is 0.250. The van der Waals surface area contributed by atoms with Crippen molar-refractivity contribution >= 4 is 63.3 Å². The van der Waals surface area contributed by atoms with Crippen molar-refractivity contribution in [3.63, 3.8) is 0 Å². The van der Waals surface area contributed by atoms with E-state index in [0.29, 0.717) is 0 Å². The van der Waals surface area contributed by atoms with Gasteiger partial charge in [0.25, 0.3) is 5.92 Å². The molecule has 1 atom stereocenters. The van der Waals surface area contributed by atoms with Gasteiger partial charge in [-0.3, -0.25) is 0 Å². The lowest BCUT2D eigenvalue weighted by atomic mass is 9.70. The second-order valence-electron chi connectivity index (χ2n) is 8.29. The highest BCUT2D eigenvalue weighted by molar-refractivity contribution is 9.69. The molecule has 0 aliphatic carbocycles. The minimum atomic E-state index is -2.75. The Hall–Kier alpha value is -0.523. The van der Waals surface area contributed by atoms with Gasteiger partial charge in [0.1, 0.15) is 5.60 Å². The first kappa shape index (κ1) is 25.6. The van der Waals surface area contributed by atoms with Crippen molar-refractivity contribution in [2.75, 3.05) is 6.54 Å². The molecule has 9 heteroatoms. The van der Waals surface area contributed by atoms with E-state index in [0.717, 1.165) is 22.2 Å². The number of hydrogen-bond donors (Lipinski definition) is 0. The molecule has 33 heavy (non-hydrogen) atoms. The Kier molecular flexibility index (Phi) is 8.23. The Bertz CT molecular complexity index is 1040. The number of benzene rings is 3. The molecule has 2 heterocycles. The van der Waals surface area contributed by atoms with E-state index in [-0.39, 0.29) is 13.0 Å². The summed E-state index contributed by atoms with van der Waals surface area (Å²) in [7, 11) is -1.22. The summed E-state index contributed by atoms with van der Waals surface area (Å²) in [5, 5.41) is 0. The van der Waals surface area contributed by atoms with Crippen molar-refractivity contribution in [3.05, 3.63) is 102 Å². The highest BCUT2D eigenvalue weighted by Crippen LogP contribution is 2.52. The minimum Gasteiger partial charge on any atom is -0.402 e. The van der Waals surface area contributed by atoms with E-state index in [4.69, 9.17) is 4.65 Å². The maximum absolute atomic E-state index is 14.7. The molecular weight excluding hydrogens is 634 g/mol. The van der Waals surface area contributed by atoms with Crippen molar-refractivity contribution < 1.29 is 13.4 Å². The van der Waals surface area contributed by atoms with Gasteiger partial charge in [-0.15, -0.1) is 0 Å². The number of rotatable bonds is 3. The SMILES string of the molecule is Cc1ccccc1B1OC(c2ccccc2)(c2ccccc2)[C@@H]2CC(F)(F)CN12.[Br][Al]([Br])[Br]. The summed E-state index contributed by atoms with van der Waals surface area (Å²) in [5.41, 5.74) is 2.87. The van der Waals surface area contributed by atoms with Crippen LogP contribution in [-0.4, -0.2) is 39.0 Å². The molecule has 0 spiro atoms. The number of alkyl halides is 2. The predicted octanol–water partition coefficient (Wildman–Crippen LogP) is 6.53. The first-order valence-corrected chi connectivity index (χ1v) is 20.2. The second kappa shape index (κ2) is 10.6. The quantitative estimate of drug-likeness (QED) is 0.298. The van der Waals surface area contributed by atoms with E-state index >= 15 is 0 Å². The van der Waals surface area contributed by atoms with Crippen LogP contribution in [0.5, 0.6) is 0 Å². The molecule has 0 amide bonds. The molecule has 2 nitrogen and oxygen atoms in total. The van der Waals surface area contributed by atoms with Crippen LogP contribution < -0.4 is 5.46 Å². The van der Waals surface area contributed by atoms with Gasteiger partial charge in [-0.1, -0.05) is 90.5 Å². The van der Waals surface area contributed by atoms with Crippen molar-refractivity contribution in [2.24, 2.45) is 0 Å². The molecule has 2 aliphatic heterocycles. The lowest BCUT2D eigenvalue weighted by molar-refractivity contribution is 0.00333. The summed E-state index contributed by atoms with van der Waals surface area (Å²) in [6.45, 7) is 1.71. The van der Waals surface area contributed by atoms with E-state index in [9.17, 15) is 8.78 Å². The third-order valence-corrected chi connectivity index (χ3v) is 6.23. The molecule has 3 aromatic rings. The van der Waals surface area contributed by atoms with E-state index in [2.05, 4.69) is 42.2 Å². The predicted molar refractivity (Wildman–Crippen MR) is 144 cm³/mol. The monoisotopic (exact) mass is 653 g/mol. The Morgan fingerprint density at radius 2 is 1.36 bits per heavy atom. The summed E-state index contributed by atoms with van der Waals surface area (Å²) in [5.74, 6) is -2.75. The molecule has 3 aromatic carbocycles. The highest BCUT2D eigenvalue weighted by atomic mass is 80.0. The summed E-state index contributed by atoms with van der Waals surface area (Å²) < 4.78 is 36.3. The van der Waals surface area contributed by atoms with Crippen LogP contribution in [0.4, 0.5) is 8.78 Å². The van der Waals surface area contributed by atoms with Gasteiger partial charge >= 0.3 is 15.7 Å². The average Bonchev–Trinajstić information content (AvgIpc) is 3.27. The molecule has 2 saturated heterocycles. The number of nitrogens with zero attached hydrogens (tertiary/aromatic N) is 1. The molecule has 5 rings (SSSR count). The summed E-state index contributed by atoms with van der Waals surface area (Å²) in [6.07, 6.45) is -0.223. The number of aryl methyl sites for hydroxylation is 1. The van der Waals surface area contributed by atoms with Crippen LogP contribution >= 0.6 is 42.2 Å². The Morgan fingerprint density at radius 3 is 1.88 bits per heavy atom. The van der Waals surface area contributed by atoms with Crippen LogP contribution in [0, 0.1) is 6.92 Å². The van der Waals surface area contributed by atoms with Crippen LogP contribution in [0.25, 0.3) is 0 Å². The van der Waals surface area contributed by atoms with Crippen LogP contribution in [-0.2, 0) is 10.3 Å². The van der Waals surface area contributed by atoms with Crippen LogP contribution in [0.15, 0.2) is 84.9 Å². The van der Waals surface area contributed by atoms with Gasteiger partial charge in [0.15, 0.2) is 0 Å². The molecule has 170 valence electrons. The molecule has 0 saturated carbocycles. The molecule has 2 aliphatic rings. The van der Waals surface area contributed by atoms with Gasteiger partial charge in [-0.2, -0.15) is 42.2 Å². The molecule has 0 bridgehead atoms. The van der Waals surface area contributed by atoms with E-state index < -0.39 is 33.3 Å². The van der Waals surface area contributed by atoms with Gasteiger partial charge < -0.3 is 9.47 Å². The maximum Gasteiger partial charge on any atom is 0.542 e. The van der Waals surface area contributed by atoms with E-state index in [1.165, 1.54) is 0 Å². The normalized spacial score (nSPS) is 20.7. The van der Waals surface area contributed by atoms with Crippen LogP contribution in [0.1, 0.15) is 23.1 Å². The summed E-state index contributed by atoms with van der Waals surface area (Å²) >= 11 is 9.73. The molecule has 0 unspecified atom stereocenters. The molecule has 0 N–H and O–H groups in total. The molecule has 0 aromatic heterocycles. The number of halogens is 5. The van der Waals surface area contributed by atoms with Gasteiger partial charge in [-0.05, 0) is 23.5 Å². The van der Waals surface area contributed by atoms with Crippen molar-refractivity contribution in [1.29, 1.82) is 0 Å². The topological polar surface area (TPSA) is 12.5 Å². The van der Waals surface area contributed by atoms with E-state index in [1.54, 1.807) is 0 Å². The maximum atomic E-state index is 14.7. The fourth-order valence-corrected chi connectivity index (χ4v) is 4.95. The van der Waals surface area contributed by atoms with Gasteiger partial charge in [-0.25, -0.2) is 8.78 Å². The third kappa shape index (κ3) is 5.35. The zero-order chi connectivity index (χ0) is 23.6. The minimum absolute atomic E-state index is 0.223. The van der Waals surface area contributed by atoms with Gasteiger partial charge in [0.05, 0.1) is 6.54 Å². The smallest absolute Gasteiger partial charge is 0.402 e. The zero-order valence-electron chi connectivity index (χ0n) is 18.0. The standard InChI is InChI=1S/C24H22BF2NO.Al.3BrH/c1-18-10-8-9-15-21(18)25-28-17-23(26,27)16-22(28)24(29-25,19-11-4-2-5-12-19)20-13-6-3-7-14-20;;;;/h2-15,22H,16-17H2,1H3;;3*1H/q;+3;;;/p-3/t22-;;;;/m0..../s1. The van der Waals surface area contributed by atoms with Crippen molar-refractivity contribution in [2.45, 2.75) is 30.9 Å². The van der Waals surface area contributed by atoms with E-state index in [1.807, 2.05) is 96.7 Å². The lowest BCUT2D eigenvalue weighted by Gasteiger charge is -2.36. The Morgan fingerprint density at radius 1 is 0.879 bits per heavy atom.